The summed E-state index contributed by atoms with van der Waals surface area (Å²) in [4.78, 5) is 22.8. The van der Waals surface area contributed by atoms with Crippen LogP contribution in [0.1, 0.15) is 20.3 Å². The van der Waals surface area contributed by atoms with E-state index in [2.05, 4.69) is 5.32 Å². The van der Waals surface area contributed by atoms with E-state index >= 15 is 0 Å². The van der Waals surface area contributed by atoms with E-state index in [0.717, 1.165) is 6.07 Å². The van der Waals surface area contributed by atoms with Crippen LogP contribution in [0.4, 0.5) is 18.9 Å². The second kappa shape index (κ2) is 6.93. The van der Waals surface area contributed by atoms with Gasteiger partial charge in [0.05, 0.1) is 5.69 Å². The van der Waals surface area contributed by atoms with E-state index in [1.54, 1.807) is 0 Å². The molecular weight excluding hydrogens is 273 g/mol. The lowest BCUT2D eigenvalue weighted by atomic mass is 10.1. The van der Waals surface area contributed by atoms with Gasteiger partial charge >= 0.3 is 11.8 Å². The molecule has 1 aromatic rings. The Morgan fingerprint density at radius 1 is 1.10 bits per heavy atom. The van der Waals surface area contributed by atoms with Crippen LogP contribution in [-0.2, 0) is 9.59 Å². The van der Waals surface area contributed by atoms with Gasteiger partial charge in [0, 0.05) is 6.54 Å². The van der Waals surface area contributed by atoms with Crippen molar-refractivity contribution in [3.8, 4) is 0 Å². The van der Waals surface area contributed by atoms with Crippen LogP contribution >= 0.6 is 0 Å². The molecule has 0 aromatic heterocycles. The Hall–Kier alpha value is -2.05. The second-order valence-corrected chi connectivity index (χ2v) is 4.62. The summed E-state index contributed by atoms with van der Waals surface area (Å²) in [6.45, 7) is 4.19. The molecule has 7 heteroatoms. The van der Waals surface area contributed by atoms with Crippen LogP contribution in [0.25, 0.3) is 0 Å². The fourth-order valence-corrected chi connectivity index (χ4v) is 1.36. The van der Waals surface area contributed by atoms with Gasteiger partial charge in [0.2, 0.25) is 0 Å². The van der Waals surface area contributed by atoms with Gasteiger partial charge < -0.3 is 10.6 Å². The number of nitrogens with one attached hydrogen (secondary N) is 2. The first-order chi connectivity index (χ1) is 9.32. The van der Waals surface area contributed by atoms with Crippen molar-refractivity contribution in [3.63, 3.8) is 0 Å². The van der Waals surface area contributed by atoms with Crippen molar-refractivity contribution >= 4 is 17.5 Å². The minimum atomic E-state index is -1.71. The summed E-state index contributed by atoms with van der Waals surface area (Å²) in [5, 5.41) is 4.22. The molecule has 0 heterocycles. The summed E-state index contributed by atoms with van der Waals surface area (Å²) >= 11 is 0. The van der Waals surface area contributed by atoms with E-state index in [-0.39, 0.29) is 0 Å². The molecule has 2 N–H and O–H groups in total. The third kappa shape index (κ3) is 4.25. The van der Waals surface area contributed by atoms with Gasteiger partial charge in [-0.3, -0.25) is 9.59 Å². The Balaban J connectivity index is 2.62. The predicted octanol–water partition coefficient (Wildman–Crippen LogP) is 2.20. The largest absolute Gasteiger partial charge is 0.348 e. The molecule has 1 aromatic carbocycles. The lowest BCUT2D eigenvalue weighted by Crippen LogP contribution is -2.36. The summed E-state index contributed by atoms with van der Waals surface area (Å²) in [6.07, 6.45) is 0.679. The Bertz CT molecular complexity index is 519. The summed E-state index contributed by atoms with van der Waals surface area (Å²) in [6, 6.07) is 1.50. The number of hydrogen-bond acceptors (Lipinski definition) is 2. The molecule has 0 spiro atoms. The van der Waals surface area contributed by atoms with Crippen molar-refractivity contribution in [2.75, 3.05) is 11.9 Å². The van der Waals surface area contributed by atoms with Crippen LogP contribution in [-0.4, -0.2) is 18.4 Å². The molecule has 0 saturated carbocycles. The highest BCUT2D eigenvalue weighted by molar-refractivity contribution is 6.39. The van der Waals surface area contributed by atoms with E-state index in [0.29, 0.717) is 24.9 Å². The van der Waals surface area contributed by atoms with Crippen LogP contribution in [0.3, 0.4) is 0 Å². The molecule has 0 atom stereocenters. The van der Waals surface area contributed by atoms with Crippen molar-refractivity contribution in [1.82, 2.24) is 5.32 Å². The number of carbonyl (C=O) groups is 2. The van der Waals surface area contributed by atoms with E-state index in [1.807, 2.05) is 19.2 Å². The average molecular weight is 288 g/mol. The molecule has 0 fully saturated rings. The van der Waals surface area contributed by atoms with Crippen LogP contribution in [0, 0.1) is 23.4 Å². The van der Waals surface area contributed by atoms with Crippen molar-refractivity contribution < 1.29 is 22.8 Å². The summed E-state index contributed by atoms with van der Waals surface area (Å²) in [5.41, 5.74) is -0.590. The first-order valence-electron chi connectivity index (χ1n) is 6.05. The van der Waals surface area contributed by atoms with Crippen molar-refractivity contribution in [1.29, 1.82) is 0 Å². The van der Waals surface area contributed by atoms with E-state index in [4.69, 9.17) is 0 Å². The van der Waals surface area contributed by atoms with Gasteiger partial charge in [-0.1, -0.05) is 13.8 Å². The Morgan fingerprint density at radius 2 is 1.75 bits per heavy atom. The van der Waals surface area contributed by atoms with Crippen LogP contribution in [0.2, 0.25) is 0 Å². The van der Waals surface area contributed by atoms with Crippen LogP contribution < -0.4 is 10.6 Å². The molecule has 20 heavy (non-hydrogen) atoms. The number of benzene rings is 1. The van der Waals surface area contributed by atoms with Gasteiger partial charge in [-0.05, 0) is 24.5 Å². The zero-order valence-corrected chi connectivity index (χ0v) is 11.1. The van der Waals surface area contributed by atoms with Crippen molar-refractivity contribution in [2.24, 2.45) is 5.92 Å². The highest BCUT2D eigenvalue weighted by Crippen LogP contribution is 2.19. The predicted molar refractivity (Wildman–Crippen MR) is 67.4 cm³/mol. The van der Waals surface area contributed by atoms with Crippen LogP contribution in [0.5, 0.6) is 0 Å². The Labute approximate surface area is 114 Å². The molecular formula is C13H15F3N2O2. The Morgan fingerprint density at radius 3 is 2.35 bits per heavy atom. The van der Waals surface area contributed by atoms with Crippen molar-refractivity contribution in [3.05, 3.63) is 29.6 Å². The molecule has 0 aliphatic heterocycles. The third-order valence-corrected chi connectivity index (χ3v) is 2.50. The lowest BCUT2D eigenvalue weighted by Gasteiger charge is -2.08. The molecule has 1 rings (SSSR count). The number of anilines is 1. The fraction of sp³-hybridized carbons (Fsp3) is 0.385. The second-order valence-electron chi connectivity index (χ2n) is 4.62. The van der Waals surface area contributed by atoms with Gasteiger partial charge in [-0.2, -0.15) is 0 Å². The number of hydrogen-bond donors (Lipinski definition) is 2. The quantitative estimate of drug-likeness (QED) is 0.659. The summed E-state index contributed by atoms with van der Waals surface area (Å²) in [5.74, 6) is -6.38. The summed E-state index contributed by atoms with van der Waals surface area (Å²) < 4.78 is 38.9. The maximum Gasteiger partial charge on any atom is 0.313 e. The maximum atomic E-state index is 13.3. The first-order valence-corrected chi connectivity index (χ1v) is 6.05. The Kier molecular flexibility index (Phi) is 5.54. The topological polar surface area (TPSA) is 58.2 Å². The average Bonchev–Trinajstić information content (AvgIpc) is 2.38. The van der Waals surface area contributed by atoms with E-state index < -0.39 is 35.0 Å². The zero-order valence-electron chi connectivity index (χ0n) is 11.1. The molecule has 4 nitrogen and oxygen atoms in total. The number of halogens is 3. The van der Waals surface area contributed by atoms with Crippen LogP contribution in [0.15, 0.2) is 12.1 Å². The minimum absolute atomic E-state index is 0.296. The van der Waals surface area contributed by atoms with Gasteiger partial charge in [-0.15, -0.1) is 0 Å². The molecule has 2 amide bonds. The smallest absolute Gasteiger partial charge is 0.313 e. The standard InChI is InChI=1S/C13H15F3N2O2/c1-7(2)5-6-17-12(19)13(20)18-9-4-3-8(14)10(15)11(9)16/h3-4,7H,5-6H2,1-2H3,(H,17,19)(H,18,20). The first kappa shape index (κ1) is 16.0. The zero-order chi connectivity index (χ0) is 15.3. The monoisotopic (exact) mass is 288 g/mol. The fourth-order valence-electron chi connectivity index (χ4n) is 1.36. The van der Waals surface area contributed by atoms with Gasteiger partial charge in [0.25, 0.3) is 0 Å². The molecule has 0 radical (unpaired) electrons. The normalized spacial score (nSPS) is 10.5. The highest BCUT2D eigenvalue weighted by Gasteiger charge is 2.18. The van der Waals surface area contributed by atoms with E-state index in [9.17, 15) is 22.8 Å². The summed E-state index contributed by atoms with van der Waals surface area (Å²) in [7, 11) is 0. The van der Waals surface area contributed by atoms with E-state index in [1.165, 1.54) is 0 Å². The highest BCUT2D eigenvalue weighted by atomic mass is 19.2. The SMILES string of the molecule is CC(C)CCNC(=O)C(=O)Nc1ccc(F)c(F)c1F. The number of amides is 2. The minimum Gasteiger partial charge on any atom is -0.348 e. The molecule has 0 unspecified atom stereocenters. The van der Waals surface area contributed by atoms with Crippen molar-refractivity contribution in [2.45, 2.75) is 20.3 Å². The molecule has 0 saturated heterocycles. The third-order valence-electron chi connectivity index (χ3n) is 2.50. The maximum absolute atomic E-state index is 13.3. The molecule has 0 aliphatic carbocycles. The van der Waals surface area contributed by atoms with Gasteiger partial charge in [0.15, 0.2) is 17.5 Å². The molecule has 0 bridgehead atoms. The molecule has 0 aliphatic rings. The molecule has 110 valence electrons. The lowest BCUT2D eigenvalue weighted by molar-refractivity contribution is -0.136. The number of rotatable bonds is 4. The number of carbonyl (C=O) groups excluding carboxylic acids is 2. The van der Waals surface area contributed by atoms with Gasteiger partial charge in [0.1, 0.15) is 0 Å². The van der Waals surface area contributed by atoms with Gasteiger partial charge in [-0.25, -0.2) is 13.2 Å².